The van der Waals surface area contributed by atoms with E-state index in [4.69, 9.17) is 0 Å². The Morgan fingerprint density at radius 2 is 2.16 bits per heavy atom. The predicted molar refractivity (Wildman–Crippen MR) is 88.7 cm³/mol. The molecule has 1 saturated heterocycles. The van der Waals surface area contributed by atoms with E-state index in [0.717, 1.165) is 11.1 Å². The summed E-state index contributed by atoms with van der Waals surface area (Å²) >= 11 is 0. The lowest BCUT2D eigenvalue weighted by Gasteiger charge is -2.32. The van der Waals surface area contributed by atoms with Crippen LogP contribution in [0.2, 0.25) is 0 Å². The van der Waals surface area contributed by atoms with Gasteiger partial charge in [0, 0.05) is 37.6 Å². The normalized spacial score (nSPS) is 24.5. The number of rotatable bonds is 4. The van der Waals surface area contributed by atoms with E-state index >= 15 is 0 Å². The first kappa shape index (κ1) is 15.6. The predicted octanol–water partition coefficient (Wildman–Crippen LogP) is -0.152. The smallest absolute Gasteiger partial charge is 0.267 e. The van der Waals surface area contributed by atoms with Crippen LogP contribution in [0.4, 0.5) is 0 Å². The SMILES string of the molecule is O=C(N[C@H]1CN(C(=O)Cn2ncccc2=O)C[C@@H]2C[C@@H]21)c1ccc[nH]1. The number of nitrogens with zero attached hydrogens (tertiary/aromatic N) is 3. The summed E-state index contributed by atoms with van der Waals surface area (Å²) in [5, 5.41) is 6.95. The fraction of sp³-hybridized carbons (Fsp3) is 0.412. The summed E-state index contributed by atoms with van der Waals surface area (Å²) in [6, 6.07) is 6.37. The topological polar surface area (TPSA) is 100 Å². The molecule has 1 saturated carbocycles. The van der Waals surface area contributed by atoms with Crippen LogP contribution >= 0.6 is 0 Å². The van der Waals surface area contributed by atoms with Crippen molar-refractivity contribution in [1.82, 2.24) is 25.0 Å². The highest BCUT2D eigenvalue weighted by Gasteiger charge is 2.49. The molecule has 2 aromatic rings. The van der Waals surface area contributed by atoms with E-state index in [-0.39, 0.29) is 30.0 Å². The minimum atomic E-state index is -0.297. The zero-order valence-corrected chi connectivity index (χ0v) is 13.6. The van der Waals surface area contributed by atoms with Crippen LogP contribution in [-0.2, 0) is 11.3 Å². The Bertz CT molecular complexity index is 844. The van der Waals surface area contributed by atoms with Crippen molar-refractivity contribution >= 4 is 11.8 Å². The maximum absolute atomic E-state index is 12.6. The van der Waals surface area contributed by atoms with Gasteiger partial charge in [0.05, 0.1) is 0 Å². The molecule has 2 amide bonds. The second-order valence-corrected chi connectivity index (χ2v) is 6.64. The number of hydrogen-bond acceptors (Lipinski definition) is 4. The molecule has 130 valence electrons. The minimum absolute atomic E-state index is 0.0565. The number of aromatic amines is 1. The number of hydrogen-bond donors (Lipinski definition) is 2. The number of nitrogens with one attached hydrogen (secondary N) is 2. The zero-order valence-electron chi connectivity index (χ0n) is 13.6. The maximum Gasteiger partial charge on any atom is 0.267 e. The summed E-state index contributed by atoms with van der Waals surface area (Å²) in [6.07, 6.45) is 4.21. The molecule has 2 fully saturated rings. The average Bonchev–Trinajstić information content (AvgIpc) is 3.18. The second-order valence-electron chi connectivity index (χ2n) is 6.64. The molecule has 3 heterocycles. The highest BCUT2D eigenvalue weighted by atomic mass is 16.2. The second kappa shape index (κ2) is 6.19. The van der Waals surface area contributed by atoms with Gasteiger partial charge in [0.2, 0.25) is 5.91 Å². The Balaban J connectivity index is 1.42. The van der Waals surface area contributed by atoms with Crippen molar-refractivity contribution in [3.05, 3.63) is 52.7 Å². The van der Waals surface area contributed by atoms with E-state index in [1.165, 1.54) is 12.3 Å². The van der Waals surface area contributed by atoms with Gasteiger partial charge in [-0.1, -0.05) is 0 Å². The van der Waals surface area contributed by atoms with E-state index in [2.05, 4.69) is 15.4 Å². The third-order valence-corrected chi connectivity index (χ3v) is 4.95. The van der Waals surface area contributed by atoms with E-state index in [1.807, 2.05) is 0 Å². The first-order chi connectivity index (χ1) is 12.1. The lowest BCUT2D eigenvalue weighted by molar-refractivity contribution is -0.133. The molecule has 1 aliphatic carbocycles. The van der Waals surface area contributed by atoms with Crippen LogP contribution in [0, 0.1) is 11.8 Å². The number of amides is 2. The number of carbonyl (C=O) groups is 2. The third-order valence-electron chi connectivity index (χ3n) is 4.95. The fourth-order valence-corrected chi connectivity index (χ4v) is 3.51. The minimum Gasteiger partial charge on any atom is -0.357 e. The summed E-state index contributed by atoms with van der Waals surface area (Å²) in [6.45, 7) is 1.07. The van der Waals surface area contributed by atoms with Gasteiger partial charge in [-0.3, -0.25) is 14.4 Å². The van der Waals surface area contributed by atoms with Crippen LogP contribution in [0.15, 0.2) is 41.5 Å². The molecular formula is C17H19N5O3. The van der Waals surface area contributed by atoms with Gasteiger partial charge < -0.3 is 15.2 Å². The highest BCUT2D eigenvalue weighted by molar-refractivity contribution is 5.92. The number of piperidine rings is 1. The molecule has 0 spiro atoms. The molecule has 8 heteroatoms. The van der Waals surface area contributed by atoms with Gasteiger partial charge in [-0.25, -0.2) is 4.68 Å². The van der Waals surface area contributed by atoms with Crippen LogP contribution in [0.3, 0.4) is 0 Å². The average molecular weight is 341 g/mol. The van der Waals surface area contributed by atoms with E-state index in [9.17, 15) is 14.4 Å². The Kier molecular flexibility index (Phi) is 3.87. The monoisotopic (exact) mass is 341 g/mol. The third kappa shape index (κ3) is 3.19. The van der Waals surface area contributed by atoms with Gasteiger partial charge in [0.1, 0.15) is 12.2 Å². The van der Waals surface area contributed by atoms with Gasteiger partial charge in [-0.05, 0) is 36.5 Å². The number of likely N-dealkylation sites (tertiary alicyclic amines) is 1. The molecule has 3 atom stereocenters. The Labute approximate surface area is 143 Å². The lowest BCUT2D eigenvalue weighted by atomic mass is 10.1. The van der Waals surface area contributed by atoms with Crippen LogP contribution in [0.5, 0.6) is 0 Å². The van der Waals surface area contributed by atoms with Crippen molar-refractivity contribution in [1.29, 1.82) is 0 Å². The molecule has 2 aliphatic rings. The van der Waals surface area contributed by atoms with Gasteiger partial charge in [-0.2, -0.15) is 5.10 Å². The summed E-state index contributed by atoms with van der Waals surface area (Å²) in [5.41, 5.74) is 0.217. The molecule has 1 aliphatic heterocycles. The summed E-state index contributed by atoms with van der Waals surface area (Å²) in [4.78, 5) is 41.1. The van der Waals surface area contributed by atoms with Crippen LogP contribution < -0.4 is 10.9 Å². The van der Waals surface area contributed by atoms with Gasteiger partial charge in [0.15, 0.2) is 0 Å². The maximum atomic E-state index is 12.6. The lowest BCUT2D eigenvalue weighted by Crippen LogP contribution is -2.52. The number of fused-ring (bicyclic) bond motifs is 1. The highest BCUT2D eigenvalue weighted by Crippen LogP contribution is 2.45. The van der Waals surface area contributed by atoms with E-state index in [0.29, 0.717) is 30.6 Å². The molecular weight excluding hydrogens is 322 g/mol. The van der Waals surface area contributed by atoms with E-state index < -0.39 is 0 Å². The summed E-state index contributed by atoms with van der Waals surface area (Å²) in [7, 11) is 0. The number of aromatic nitrogens is 3. The molecule has 8 nitrogen and oxygen atoms in total. The summed E-state index contributed by atoms with van der Waals surface area (Å²) < 4.78 is 1.16. The van der Waals surface area contributed by atoms with Crippen molar-refractivity contribution in [3.8, 4) is 0 Å². The summed E-state index contributed by atoms with van der Waals surface area (Å²) in [5.74, 6) is 0.550. The van der Waals surface area contributed by atoms with Gasteiger partial charge in [0.25, 0.3) is 11.5 Å². The first-order valence-electron chi connectivity index (χ1n) is 8.36. The quantitative estimate of drug-likeness (QED) is 0.807. The Morgan fingerprint density at radius 3 is 2.92 bits per heavy atom. The number of carbonyl (C=O) groups excluding carboxylic acids is 2. The van der Waals surface area contributed by atoms with Crippen LogP contribution in [-0.4, -0.2) is 50.6 Å². The van der Waals surface area contributed by atoms with Crippen LogP contribution in [0.25, 0.3) is 0 Å². The van der Waals surface area contributed by atoms with Crippen molar-refractivity contribution in [2.45, 2.75) is 19.0 Å². The van der Waals surface area contributed by atoms with Gasteiger partial charge >= 0.3 is 0 Å². The first-order valence-corrected chi connectivity index (χ1v) is 8.36. The van der Waals surface area contributed by atoms with Crippen molar-refractivity contribution in [2.75, 3.05) is 13.1 Å². The van der Waals surface area contributed by atoms with Crippen molar-refractivity contribution in [3.63, 3.8) is 0 Å². The fourth-order valence-electron chi connectivity index (χ4n) is 3.51. The largest absolute Gasteiger partial charge is 0.357 e. The Hall–Kier alpha value is -2.90. The molecule has 0 radical (unpaired) electrons. The van der Waals surface area contributed by atoms with Crippen molar-refractivity contribution in [2.24, 2.45) is 11.8 Å². The standard InChI is InChI=1S/C17H19N5O3/c23-15-4-2-6-19-22(15)10-16(24)21-8-11-7-12(11)14(9-21)20-17(25)13-3-1-5-18-13/h1-6,11-12,14,18H,7-10H2,(H,20,25)/t11-,12-,14-/m0/s1. The Morgan fingerprint density at radius 1 is 1.28 bits per heavy atom. The van der Waals surface area contributed by atoms with Crippen molar-refractivity contribution < 1.29 is 9.59 Å². The zero-order chi connectivity index (χ0) is 17.4. The molecule has 2 aromatic heterocycles. The number of H-pyrrole nitrogens is 1. The molecule has 25 heavy (non-hydrogen) atoms. The van der Waals surface area contributed by atoms with E-state index in [1.54, 1.807) is 29.3 Å². The molecule has 0 unspecified atom stereocenters. The molecule has 0 aromatic carbocycles. The molecule has 2 N–H and O–H groups in total. The van der Waals surface area contributed by atoms with Crippen LogP contribution in [0.1, 0.15) is 16.9 Å². The molecule has 0 bridgehead atoms. The van der Waals surface area contributed by atoms with Gasteiger partial charge in [-0.15, -0.1) is 0 Å². The molecule has 4 rings (SSSR count).